The van der Waals surface area contributed by atoms with Gasteiger partial charge in [-0.2, -0.15) is 0 Å². The van der Waals surface area contributed by atoms with Gasteiger partial charge in [0.2, 0.25) is 0 Å². The lowest BCUT2D eigenvalue weighted by Crippen LogP contribution is -2.46. The van der Waals surface area contributed by atoms with Crippen LogP contribution in [0.1, 0.15) is 79.7 Å². The molecule has 208 valence electrons. The molecule has 4 nitrogen and oxygen atoms in total. The van der Waals surface area contributed by atoms with Gasteiger partial charge in [0.15, 0.2) is 8.32 Å². The summed E-state index contributed by atoms with van der Waals surface area (Å²) in [5.74, 6) is 1.27. The smallest absolute Gasteiger partial charge is 0.192 e. The molecular weight excluding hydrogens is 476 g/mol. The van der Waals surface area contributed by atoms with E-state index in [-0.39, 0.29) is 34.5 Å². The van der Waals surface area contributed by atoms with E-state index >= 15 is 0 Å². The van der Waals surface area contributed by atoms with Gasteiger partial charge in [-0.05, 0) is 73.3 Å². The van der Waals surface area contributed by atoms with Gasteiger partial charge < -0.3 is 13.9 Å². The van der Waals surface area contributed by atoms with Crippen LogP contribution in [0.25, 0.3) is 0 Å². The molecule has 37 heavy (non-hydrogen) atoms. The van der Waals surface area contributed by atoms with Crippen LogP contribution in [-0.2, 0) is 20.6 Å². The van der Waals surface area contributed by atoms with Crippen LogP contribution in [0.2, 0.25) is 18.1 Å². The average molecular weight is 529 g/mol. The summed E-state index contributed by atoms with van der Waals surface area (Å²) < 4.78 is 18.6. The Kier molecular flexibility index (Phi) is 11.0. The Hall–Kier alpha value is -1.69. The van der Waals surface area contributed by atoms with Crippen LogP contribution in [0.15, 0.2) is 48.6 Å². The average Bonchev–Trinajstić information content (AvgIpc) is 3.05. The highest BCUT2D eigenvalue weighted by Crippen LogP contribution is 2.42. The topological polar surface area (TPSA) is 44.8 Å². The van der Waals surface area contributed by atoms with Crippen LogP contribution in [0, 0.1) is 17.3 Å². The Labute approximate surface area is 228 Å². The summed E-state index contributed by atoms with van der Waals surface area (Å²) in [5, 5.41) is 0.118. The van der Waals surface area contributed by atoms with Crippen molar-refractivity contribution in [3.8, 4) is 5.75 Å². The SMILES string of the molecule is C=CCC(C)(C)C(CC/C(C)=C/[C@@H]1C(=O)C[C@H](C)[C@H]1O[Si](C)(C)C(C)(C)C)OCc1ccc(OC)cc1. The molecule has 1 saturated carbocycles. The highest BCUT2D eigenvalue weighted by Gasteiger charge is 2.46. The van der Waals surface area contributed by atoms with Crippen molar-refractivity contribution in [1.29, 1.82) is 0 Å². The summed E-state index contributed by atoms with van der Waals surface area (Å²) in [6.45, 7) is 24.7. The monoisotopic (exact) mass is 528 g/mol. The van der Waals surface area contributed by atoms with Crippen LogP contribution in [0.5, 0.6) is 5.75 Å². The highest BCUT2D eigenvalue weighted by molar-refractivity contribution is 6.74. The number of ketones is 1. The third kappa shape index (κ3) is 8.66. The number of methoxy groups -OCH3 is 1. The molecule has 0 heterocycles. The van der Waals surface area contributed by atoms with Gasteiger partial charge in [0.1, 0.15) is 11.5 Å². The molecular formula is C32H52O4Si. The molecule has 1 fully saturated rings. The van der Waals surface area contributed by atoms with Crippen molar-refractivity contribution in [3.05, 3.63) is 54.1 Å². The zero-order chi connectivity index (χ0) is 28.0. The molecule has 0 spiro atoms. The molecule has 0 saturated heterocycles. The molecule has 0 radical (unpaired) electrons. The van der Waals surface area contributed by atoms with Gasteiger partial charge in [-0.3, -0.25) is 4.79 Å². The maximum atomic E-state index is 13.0. The van der Waals surface area contributed by atoms with Crippen LogP contribution in [-0.4, -0.2) is 33.4 Å². The number of rotatable bonds is 13. The minimum absolute atomic E-state index is 0.0253. The van der Waals surface area contributed by atoms with E-state index in [0.29, 0.717) is 18.8 Å². The molecule has 1 aliphatic rings. The third-order valence-electron chi connectivity index (χ3n) is 8.46. The molecule has 1 aromatic carbocycles. The van der Waals surface area contributed by atoms with Gasteiger partial charge >= 0.3 is 0 Å². The Bertz CT molecular complexity index is 923. The van der Waals surface area contributed by atoms with E-state index in [1.807, 2.05) is 18.2 Å². The molecule has 0 bridgehead atoms. The van der Waals surface area contributed by atoms with E-state index < -0.39 is 8.32 Å². The summed E-state index contributed by atoms with van der Waals surface area (Å²) in [4.78, 5) is 13.0. The number of hydrogen-bond acceptors (Lipinski definition) is 4. The highest BCUT2D eigenvalue weighted by atomic mass is 28.4. The van der Waals surface area contributed by atoms with E-state index in [2.05, 4.69) is 86.3 Å². The fraction of sp³-hybridized carbons (Fsp3) is 0.656. The van der Waals surface area contributed by atoms with E-state index in [0.717, 1.165) is 30.6 Å². The largest absolute Gasteiger partial charge is 0.497 e. The number of carbonyl (C=O) groups is 1. The van der Waals surface area contributed by atoms with Crippen molar-refractivity contribution in [2.45, 2.75) is 111 Å². The van der Waals surface area contributed by atoms with Crippen molar-refractivity contribution < 1.29 is 18.7 Å². The molecule has 1 unspecified atom stereocenters. The van der Waals surface area contributed by atoms with E-state index in [9.17, 15) is 4.79 Å². The predicted octanol–water partition coefficient (Wildman–Crippen LogP) is 8.52. The summed E-state index contributed by atoms with van der Waals surface area (Å²) >= 11 is 0. The van der Waals surface area contributed by atoms with Crippen molar-refractivity contribution in [2.75, 3.05) is 7.11 Å². The number of benzene rings is 1. The first-order valence-electron chi connectivity index (χ1n) is 13.8. The number of ether oxygens (including phenoxy) is 2. The molecule has 1 aliphatic carbocycles. The summed E-state index contributed by atoms with van der Waals surface area (Å²) in [6.07, 6.45) is 7.48. The first kappa shape index (κ1) is 31.5. The van der Waals surface area contributed by atoms with Gasteiger partial charge in [0, 0.05) is 6.42 Å². The zero-order valence-corrected chi connectivity index (χ0v) is 26.1. The lowest BCUT2D eigenvalue weighted by atomic mass is 9.80. The van der Waals surface area contributed by atoms with Gasteiger partial charge in [0.25, 0.3) is 0 Å². The van der Waals surface area contributed by atoms with E-state index in [4.69, 9.17) is 13.9 Å². The normalized spacial score (nSPS) is 22.3. The van der Waals surface area contributed by atoms with Crippen LogP contribution in [0.4, 0.5) is 0 Å². The number of allylic oxidation sites excluding steroid dienone is 2. The van der Waals surface area contributed by atoms with Gasteiger partial charge in [-0.1, -0.05) is 71.4 Å². The maximum Gasteiger partial charge on any atom is 0.192 e. The Morgan fingerprint density at radius 3 is 2.32 bits per heavy atom. The molecule has 5 heteroatoms. The van der Waals surface area contributed by atoms with Gasteiger partial charge in [-0.25, -0.2) is 0 Å². The quantitative estimate of drug-likeness (QED) is 0.190. The number of carbonyl (C=O) groups excluding carboxylic acids is 1. The molecule has 1 aromatic rings. The summed E-state index contributed by atoms with van der Waals surface area (Å²) in [7, 11) is -0.295. The zero-order valence-electron chi connectivity index (χ0n) is 25.1. The minimum Gasteiger partial charge on any atom is -0.497 e. The fourth-order valence-corrected chi connectivity index (χ4v) is 6.28. The van der Waals surface area contributed by atoms with E-state index in [1.165, 1.54) is 5.57 Å². The maximum absolute atomic E-state index is 13.0. The molecule has 2 rings (SSSR count). The van der Waals surface area contributed by atoms with Crippen molar-refractivity contribution in [3.63, 3.8) is 0 Å². The second-order valence-corrected chi connectivity index (χ2v) is 18.0. The molecule has 0 aromatic heterocycles. The van der Waals surface area contributed by atoms with Crippen LogP contribution >= 0.6 is 0 Å². The van der Waals surface area contributed by atoms with Gasteiger partial charge in [-0.15, -0.1) is 6.58 Å². The molecule has 0 N–H and O–H groups in total. The van der Waals surface area contributed by atoms with Gasteiger partial charge in [0.05, 0.1) is 31.8 Å². The summed E-state index contributed by atoms with van der Waals surface area (Å²) in [6, 6.07) is 8.04. The van der Waals surface area contributed by atoms with Crippen LogP contribution < -0.4 is 4.74 Å². The Morgan fingerprint density at radius 2 is 1.78 bits per heavy atom. The first-order chi connectivity index (χ1) is 17.1. The lowest BCUT2D eigenvalue weighted by Gasteiger charge is -2.40. The predicted molar refractivity (Wildman–Crippen MR) is 158 cm³/mol. The number of hydrogen-bond donors (Lipinski definition) is 0. The molecule has 4 atom stereocenters. The van der Waals surface area contributed by atoms with Crippen molar-refractivity contribution in [1.82, 2.24) is 0 Å². The second-order valence-electron chi connectivity index (χ2n) is 13.2. The van der Waals surface area contributed by atoms with Crippen molar-refractivity contribution in [2.24, 2.45) is 17.3 Å². The second kappa shape index (κ2) is 12.9. The molecule has 0 aliphatic heterocycles. The number of Topliss-reactive ketones (excluding diaryl/α,β-unsaturated/α-hetero) is 1. The fourth-order valence-electron chi connectivity index (χ4n) is 4.87. The summed E-state index contributed by atoms with van der Waals surface area (Å²) in [5.41, 5.74) is 2.33. The van der Waals surface area contributed by atoms with Crippen LogP contribution in [0.3, 0.4) is 0 Å². The lowest BCUT2D eigenvalue weighted by molar-refractivity contribution is -0.120. The van der Waals surface area contributed by atoms with Crippen molar-refractivity contribution >= 4 is 14.1 Å². The Morgan fingerprint density at radius 1 is 1.16 bits per heavy atom. The molecule has 0 amide bonds. The van der Waals surface area contributed by atoms with E-state index in [1.54, 1.807) is 7.11 Å². The minimum atomic E-state index is -1.97. The standard InChI is InChI=1S/C32H52O4Si/c1-12-19-32(7,8)29(35-22-25-14-16-26(34-9)17-15-25)18-13-23(2)20-27-28(33)21-24(3)30(27)36-37(10,11)31(4,5)6/h12,14-17,20,24,27,29-30H,1,13,18-19,21-22H2,2-11H3/b23-20+/t24-,27+,29?,30+/m0/s1. The first-order valence-corrected chi connectivity index (χ1v) is 16.8. The third-order valence-corrected chi connectivity index (χ3v) is 12.9. The Balaban J connectivity index is 2.13.